The number of benzene rings is 1. The molecule has 0 radical (unpaired) electrons. The van der Waals surface area contributed by atoms with Gasteiger partial charge in [-0.15, -0.1) is 0 Å². The molecule has 0 saturated carbocycles. The molecule has 1 aromatic carbocycles. The highest BCUT2D eigenvalue weighted by Crippen LogP contribution is 2.23. The number of hydrazone groups is 1. The van der Waals surface area contributed by atoms with Crippen LogP contribution in [0.15, 0.2) is 58.7 Å². The summed E-state index contributed by atoms with van der Waals surface area (Å²) >= 11 is 0. The maximum absolute atomic E-state index is 13.2. The number of pyridine rings is 2. The van der Waals surface area contributed by atoms with E-state index < -0.39 is 11.5 Å². The van der Waals surface area contributed by atoms with Gasteiger partial charge in [0.1, 0.15) is 5.56 Å². The number of hydrogen-bond acceptors (Lipinski definition) is 5. The van der Waals surface area contributed by atoms with Gasteiger partial charge in [0.25, 0.3) is 11.5 Å². The summed E-state index contributed by atoms with van der Waals surface area (Å²) in [6.45, 7) is 2.71. The van der Waals surface area contributed by atoms with Crippen molar-refractivity contribution in [2.45, 2.75) is 45.6 Å². The van der Waals surface area contributed by atoms with Crippen LogP contribution in [0, 0.1) is 0 Å². The van der Waals surface area contributed by atoms with Crippen LogP contribution in [0.2, 0.25) is 0 Å². The Kier molecular flexibility index (Phi) is 7.32. The lowest BCUT2D eigenvalue weighted by Crippen LogP contribution is -2.33. The van der Waals surface area contributed by atoms with Crippen LogP contribution in [-0.4, -0.2) is 21.7 Å². The number of nitrogens with one attached hydrogen (secondary N) is 1. The molecular weight excluding hydrogens is 378 g/mol. The third kappa shape index (κ3) is 4.92. The minimum atomic E-state index is -0.622. The standard InChI is InChI=1S/C23H27N5O2/c1-2-3-4-5-8-14-28-19-12-7-6-11-18(19)21(24)20(23(28)30)22(29)27-26-16-17-10-9-13-25-15-17/h6-7,9-13,15-16H,2-5,8,14,24H2,1H3,(H,27,29). The summed E-state index contributed by atoms with van der Waals surface area (Å²) in [7, 11) is 0. The Morgan fingerprint density at radius 2 is 1.97 bits per heavy atom. The minimum Gasteiger partial charge on any atom is -0.397 e. The summed E-state index contributed by atoms with van der Waals surface area (Å²) < 4.78 is 1.65. The summed E-state index contributed by atoms with van der Waals surface area (Å²) in [6, 6.07) is 11.0. The number of nitrogens with zero attached hydrogens (tertiary/aromatic N) is 3. The van der Waals surface area contributed by atoms with Gasteiger partial charge < -0.3 is 10.3 Å². The molecule has 3 N–H and O–H groups in total. The molecule has 0 aliphatic rings. The topological polar surface area (TPSA) is 102 Å². The summed E-state index contributed by atoms with van der Waals surface area (Å²) in [5.41, 5.74) is 9.82. The zero-order valence-electron chi connectivity index (χ0n) is 17.2. The zero-order valence-corrected chi connectivity index (χ0v) is 17.2. The minimum absolute atomic E-state index is 0.0782. The van der Waals surface area contributed by atoms with Gasteiger partial charge in [-0.1, -0.05) is 56.9 Å². The van der Waals surface area contributed by atoms with E-state index in [2.05, 4.69) is 22.4 Å². The Bertz CT molecular complexity index is 1090. The second kappa shape index (κ2) is 10.3. The van der Waals surface area contributed by atoms with Crippen molar-refractivity contribution in [2.75, 3.05) is 5.73 Å². The van der Waals surface area contributed by atoms with Crippen LogP contribution in [-0.2, 0) is 6.54 Å². The predicted molar refractivity (Wildman–Crippen MR) is 121 cm³/mol. The molecule has 3 rings (SSSR count). The number of aromatic nitrogens is 2. The van der Waals surface area contributed by atoms with Crippen molar-refractivity contribution >= 4 is 28.7 Å². The molecule has 7 heteroatoms. The largest absolute Gasteiger partial charge is 0.397 e. The second-order valence-electron chi connectivity index (χ2n) is 7.16. The van der Waals surface area contributed by atoms with E-state index >= 15 is 0 Å². The molecule has 2 heterocycles. The van der Waals surface area contributed by atoms with E-state index in [0.717, 1.165) is 36.8 Å². The molecule has 0 atom stereocenters. The first-order chi connectivity index (χ1) is 14.6. The van der Waals surface area contributed by atoms with Crippen molar-refractivity contribution < 1.29 is 4.79 Å². The van der Waals surface area contributed by atoms with Crippen LogP contribution in [0.5, 0.6) is 0 Å². The van der Waals surface area contributed by atoms with Gasteiger partial charge >= 0.3 is 0 Å². The molecule has 3 aromatic rings. The number of fused-ring (bicyclic) bond motifs is 1. The summed E-state index contributed by atoms with van der Waals surface area (Å²) in [6.07, 6.45) is 10.1. The molecule has 7 nitrogen and oxygen atoms in total. The van der Waals surface area contributed by atoms with Crippen molar-refractivity contribution in [2.24, 2.45) is 5.10 Å². The van der Waals surface area contributed by atoms with Crippen LogP contribution >= 0.6 is 0 Å². The van der Waals surface area contributed by atoms with Crippen molar-refractivity contribution in [1.29, 1.82) is 0 Å². The molecule has 0 bridgehead atoms. The first-order valence-corrected chi connectivity index (χ1v) is 10.3. The highest BCUT2D eigenvalue weighted by molar-refractivity contribution is 6.06. The van der Waals surface area contributed by atoms with Crippen LogP contribution in [0.25, 0.3) is 10.9 Å². The fourth-order valence-electron chi connectivity index (χ4n) is 3.42. The second-order valence-corrected chi connectivity index (χ2v) is 7.16. The van der Waals surface area contributed by atoms with E-state index in [1.807, 2.05) is 24.3 Å². The molecule has 0 spiro atoms. The molecule has 0 unspecified atom stereocenters. The summed E-state index contributed by atoms with van der Waals surface area (Å²) in [5, 5.41) is 4.62. The number of amides is 1. The van der Waals surface area contributed by atoms with Crippen molar-refractivity contribution in [3.63, 3.8) is 0 Å². The average molecular weight is 406 g/mol. The number of hydrogen-bond donors (Lipinski definition) is 2. The maximum Gasteiger partial charge on any atom is 0.279 e. The Hall–Kier alpha value is -3.48. The summed E-state index contributed by atoms with van der Waals surface area (Å²) in [5.74, 6) is -0.622. The first kappa shape index (κ1) is 21.2. The number of nitrogens with two attached hydrogens (primary N) is 1. The van der Waals surface area contributed by atoms with Crippen LogP contribution in [0.3, 0.4) is 0 Å². The highest BCUT2D eigenvalue weighted by Gasteiger charge is 2.20. The number of carbonyl (C=O) groups excluding carboxylic acids is 1. The van der Waals surface area contributed by atoms with Gasteiger partial charge in [0, 0.05) is 29.9 Å². The Morgan fingerprint density at radius 1 is 1.17 bits per heavy atom. The molecule has 0 saturated heterocycles. The number of rotatable bonds is 9. The lowest BCUT2D eigenvalue weighted by molar-refractivity contribution is 0.0954. The van der Waals surface area contributed by atoms with Gasteiger partial charge in [0.05, 0.1) is 17.4 Å². The van der Waals surface area contributed by atoms with E-state index in [9.17, 15) is 9.59 Å². The van der Waals surface area contributed by atoms with Crippen LogP contribution < -0.4 is 16.7 Å². The van der Waals surface area contributed by atoms with Crippen LogP contribution in [0.1, 0.15) is 54.9 Å². The normalized spacial score (nSPS) is 11.2. The molecule has 0 aliphatic heterocycles. The predicted octanol–water partition coefficient (Wildman–Crippen LogP) is 3.71. The van der Waals surface area contributed by atoms with Gasteiger partial charge in [-0.05, 0) is 18.6 Å². The van der Waals surface area contributed by atoms with Gasteiger partial charge in [-0.3, -0.25) is 14.6 Å². The Labute approximate surface area is 175 Å². The Balaban J connectivity index is 1.88. The van der Waals surface area contributed by atoms with Gasteiger partial charge in [-0.2, -0.15) is 5.10 Å². The molecular formula is C23H27N5O2. The number of para-hydroxylation sites is 1. The smallest absolute Gasteiger partial charge is 0.279 e. The molecule has 156 valence electrons. The van der Waals surface area contributed by atoms with Crippen molar-refractivity contribution in [1.82, 2.24) is 15.0 Å². The van der Waals surface area contributed by atoms with E-state index in [0.29, 0.717) is 11.9 Å². The lowest BCUT2D eigenvalue weighted by atomic mass is 10.1. The first-order valence-electron chi connectivity index (χ1n) is 10.3. The average Bonchev–Trinajstić information content (AvgIpc) is 2.76. The van der Waals surface area contributed by atoms with E-state index in [4.69, 9.17) is 5.73 Å². The molecule has 30 heavy (non-hydrogen) atoms. The number of carbonyl (C=O) groups is 1. The van der Waals surface area contributed by atoms with Gasteiger partial charge in [0.15, 0.2) is 0 Å². The monoisotopic (exact) mass is 405 g/mol. The van der Waals surface area contributed by atoms with E-state index in [-0.39, 0.29) is 11.3 Å². The molecule has 0 aliphatic carbocycles. The third-order valence-electron chi connectivity index (χ3n) is 4.99. The maximum atomic E-state index is 13.2. The van der Waals surface area contributed by atoms with E-state index in [1.54, 1.807) is 29.1 Å². The molecule has 1 amide bonds. The number of anilines is 1. The molecule has 2 aromatic heterocycles. The quantitative estimate of drug-likeness (QED) is 0.322. The molecule has 0 fully saturated rings. The highest BCUT2D eigenvalue weighted by atomic mass is 16.2. The van der Waals surface area contributed by atoms with Gasteiger partial charge in [0.2, 0.25) is 0 Å². The Morgan fingerprint density at radius 3 is 2.73 bits per heavy atom. The van der Waals surface area contributed by atoms with Crippen molar-refractivity contribution in [3.8, 4) is 0 Å². The third-order valence-corrected chi connectivity index (χ3v) is 4.99. The fraction of sp³-hybridized carbons (Fsp3) is 0.304. The van der Waals surface area contributed by atoms with Gasteiger partial charge in [-0.25, -0.2) is 5.43 Å². The SMILES string of the molecule is CCCCCCCn1c(=O)c(C(=O)NN=Cc2cccnc2)c(N)c2ccccc21. The zero-order chi connectivity index (χ0) is 21.3. The van der Waals surface area contributed by atoms with E-state index in [1.165, 1.54) is 12.6 Å². The lowest BCUT2D eigenvalue weighted by Gasteiger charge is -2.15. The fourth-order valence-corrected chi connectivity index (χ4v) is 3.42. The summed E-state index contributed by atoms with van der Waals surface area (Å²) in [4.78, 5) is 29.9. The van der Waals surface area contributed by atoms with Crippen LogP contribution in [0.4, 0.5) is 5.69 Å². The van der Waals surface area contributed by atoms with Crippen molar-refractivity contribution in [3.05, 3.63) is 70.3 Å². The number of aryl methyl sites for hydroxylation is 1. The number of unbranched alkanes of at least 4 members (excludes halogenated alkanes) is 4. The number of nitrogen functional groups attached to an aromatic ring is 1.